The van der Waals surface area contributed by atoms with Crippen LogP contribution in [0, 0.1) is 6.92 Å². The Bertz CT molecular complexity index is 768. The molecular formula is C17H22ClN3O2S. The minimum Gasteiger partial charge on any atom is -0.313 e. The van der Waals surface area contributed by atoms with E-state index in [2.05, 4.69) is 10.3 Å². The molecule has 0 saturated carbocycles. The zero-order valence-corrected chi connectivity index (χ0v) is 15.2. The molecule has 7 heteroatoms. The molecule has 1 unspecified atom stereocenters. The van der Waals surface area contributed by atoms with Crippen LogP contribution in [0.3, 0.4) is 0 Å². The van der Waals surface area contributed by atoms with Gasteiger partial charge in [0.2, 0.25) is 10.0 Å². The Hall–Kier alpha value is -1.47. The van der Waals surface area contributed by atoms with Gasteiger partial charge in [-0.25, -0.2) is 8.42 Å². The summed E-state index contributed by atoms with van der Waals surface area (Å²) in [4.78, 5) is 4.12. The second-order valence-corrected chi connectivity index (χ2v) is 7.78. The van der Waals surface area contributed by atoms with E-state index in [1.54, 1.807) is 16.7 Å². The van der Waals surface area contributed by atoms with Crippen LogP contribution in [0.2, 0.25) is 0 Å². The Balaban J connectivity index is 0.00000208. The van der Waals surface area contributed by atoms with Gasteiger partial charge in [0.1, 0.15) is 0 Å². The number of aryl methyl sites for hydroxylation is 1. The maximum absolute atomic E-state index is 12.9. The van der Waals surface area contributed by atoms with Crippen molar-refractivity contribution < 1.29 is 8.42 Å². The summed E-state index contributed by atoms with van der Waals surface area (Å²) in [6.07, 6.45) is 3.44. The van der Waals surface area contributed by atoms with Gasteiger partial charge in [0, 0.05) is 32.0 Å². The highest BCUT2D eigenvalue weighted by molar-refractivity contribution is 7.88. The third kappa shape index (κ3) is 4.33. The molecule has 3 rings (SSSR count). The number of nitrogens with zero attached hydrogens (tertiary/aromatic N) is 2. The molecule has 0 radical (unpaired) electrons. The molecule has 1 N–H and O–H groups in total. The van der Waals surface area contributed by atoms with Crippen LogP contribution in [0.1, 0.15) is 22.7 Å². The van der Waals surface area contributed by atoms with Crippen LogP contribution in [0.25, 0.3) is 0 Å². The van der Waals surface area contributed by atoms with E-state index in [1.807, 2.05) is 43.3 Å². The third-order valence-corrected chi connectivity index (χ3v) is 5.90. The largest absolute Gasteiger partial charge is 0.313 e. The number of benzene rings is 1. The summed E-state index contributed by atoms with van der Waals surface area (Å²) in [7, 11) is -3.38. The van der Waals surface area contributed by atoms with Gasteiger partial charge in [0.05, 0.1) is 11.8 Å². The maximum atomic E-state index is 12.9. The molecule has 1 atom stereocenters. The molecule has 0 spiro atoms. The van der Waals surface area contributed by atoms with Crippen LogP contribution in [0.15, 0.2) is 48.8 Å². The number of piperazine rings is 1. The lowest BCUT2D eigenvalue weighted by molar-refractivity contribution is 0.271. The van der Waals surface area contributed by atoms with Crippen molar-refractivity contribution in [3.05, 3.63) is 65.5 Å². The van der Waals surface area contributed by atoms with Gasteiger partial charge in [-0.2, -0.15) is 4.31 Å². The van der Waals surface area contributed by atoms with Gasteiger partial charge in [-0.15, -0.1) is 12.4 Å². The maximum Gasteiger partial charge on any atom is 0.218 e. The standard InChI is InChI=1S/C17H21N3O2S.ClH/c1-14-4-2-5-15(10-14)13-23(21,22)20-9-8-19-12-17(20)16-6-3-7-18-11-16;/h2-7,10-11,17,19H,8-9,12-13H2,1H3;1H. The van der Waals surface area contributed by atoms with Gasteiger partial charge in [-0.05, 0) is 24.1 Å². The van der Waals surface area contributed by atoms with E-state index in [9.17, 15) is 8.42 Å². The second-order valence-electron chi connectivity index (χ2n) is 5.86. The molecule has 1 aromatic carbocycles. The fraction of sp³-hybridized carbons (Fsp3) is 0.353. The molecular weight excluding hydrogens is 346 g/mol. The Morgan fingerprint density at radius 3 is 2.83 bits per heavy atom. The van der Waals surface area contributed by atoms with Crippen molar-refractivity contribution in [1.82, 2.24) is 14.6 Å². The number of sulfonamides is 1. The molecule has 1 saturated heterocycles. The fourth-order valence-corrected chi connectivity index (χ4v) is 4.69. The molecule has 0 bridgehead atoms. The second kappa shape index (κ2) is 8.07. The van der Waals surface area contributed by atoms with Crippen LogP contribution >= 0.6 is 12.4 Å². The molecule has 0 aliphatic carbocycles. The first kappa shape index (κ1) is 18.9. The monoisotopic (exact) mass is 367 g/mol. The van der Waals surface area contributed by atoms with Gasteiger partial charge in [-0.1, -0.05) is 35.9 Å². The quantitative estimate of drug-likeness (QED) is 0.900. The zero-order valence-electron chi connectivity index (χ0n) is 13.6. The van der Waals surface area contributed by atoms with Crippen molar-refractivity contribution in [1.29, 1.82) is 0 Å². The highest BCUT2D eigenvalue weighted by Gasteiger charge is 2.33. The predicted octanol–water partition coefficient (Wildman–Crippen LogP) is 2.29. The van der Waals surface area contributed by atoms with E-state index in [0.717, 1.165) is 16.7 Å². The number of pyridine rings is 1. The fourth-order valence-electron chi connectivity index (χ4n) is 2.97. The molecule has 1 aromatic heterocycles. The van der Waals surface area contributed by atoms with Crippen molar-refractivity contribution in [2.45, 2.75) is 18.7 Å². The summed E-state index contributed by atoms with van der Waals surface area (Å²) < 4.78 is 27.5. The summed E-state index contributed by atoms with van der Waals surface area (Å²) in [5.74, 6) is 0.0332. The first-order valence-corrected chi connectivity index (χ1v) is 9.33. The highest BCUT2D eigenvalue weighted by atomic mass is 35.5. The molecule has 1 aliphatic heterocycles. The van der Waals surface area contributed by atoms with Crippen molar-refractivity contribution >= 4 is 22.4 Å². The van der Waals surface area contributed by atoms with Crippen molar-refractivity contribution in [3.8, 4) is 0 Å². The number of halogens is 1. The van der Waals surface area contributed by atoms with Gasteiger partial charge < -0.3 is 5.32 Å². The van der Waals surface area contributed by atoms with Gasteiger partial charge in [-0.3, -0.25) is 4.98 Å². The van der Waals surface area contributed by atoms with Gasteiger partial charge >= 0.3 is 0 Å². The predicted molar refractivity (Wildman–Crippen MR) is 97.6 cm³/mol. The average molecular weight is 368 g/mol. The summed E-state index contributed by atoms with van der Waals surface area (Å²) in [5, 5.41) is 3.27. The minimum atomic E-state index is -3.38. The zero-order chi connectivity index (χ0) is 16.3. The Kier molecular flexibility index (Phi) is 6.34. The number of aromatic nitrogens is 1. The third-order valence-electron chi connectivity index (χ3n) is 4.05. The molecule has 2 heterocycles. The van der Waals surface area contributed by atoms with Crippen LogP contribution in [-0.4, -0.2) is 37.3 Å². The topological polar surface area (TPSA) is 62.3 Å². The Labute approximate surface area is 149 Å². The summed E-state index contributed by atoms with van der Waals surface area (Å²) in [5.41, 5.74) is 2.82. The molecule has 2 aromatic rings. The van der Waals surface area contributed by atoms with Crippen LogP contribution in [0.5, 0.6) is 0 Å². The molecule has 0 amide bonds. The summed E-state index contributed by atoms with van der Waals surface area (Å²) in [6.45, 7) is 3.73. The number of rotatable bonds is 4. The minimum absolute atomic E-state index is 0. The summed E-state index contributed by atoms with van der Waals surface area (Å²) >= 11 is 0. The SMILES string of the molecule is Cc1cccc(CS(=O)(=O)N2CCNCC2c2cccnc2)c1.Cl. The van der Waals surface area contributed by atoms with E-state index in [1.165, 1.54) is 0 Å². The smallest absolute Gasteiger partial charge is 0.218 e. The molecule has 130 valence electrons. The van der Waals surface area contributed by atoms with E-state index in [-0.39, 0.29) is 24.2 Å². The van der Waals surface area contributed by atoms with Crippen LogP contribution in [0.4, 0.5) is 0 Å². The molecule has 1 fully saturated rings. The first-order chi connectivity index (χ1) is 11.1. The van der Waals surface area contributed by atoms with Crippen molar-refractivity contribution in [2.24, 2.45) is 0 Å². The van der Waals surface area contributed by atoms with Crippen molar-refractivity contribution in [3.63, 3.8) is 0 Å². The lowest BCUT2D eigenvalue weighted by Gasteiger charge is -2.35. The van der Waals surface area contributed by atoms with E-state index in [4.69, 9.17) is 0 Å². The van der Waals surface area contributed by atoms with E-state index in [0.29, 0.717) is 19.6 Å². The van der Waals surface area contributed by atoms with Gasteiger partial charge in [0.25, 0.3) is 0 Å². The first-order valence-electron chi connectivity index (χ1n) is 7.72. The van der Waals surface area contributed by atoms with Gasteiger partial charge in [0.15, 0.2) is 0 Å². The average Bonchev–Trinajstić information content (AvgIpc) is 2.55. The lowest BCUT2D eigenvalue weighted by Crippen LogP contribution is -2.48. The van der Waals surface area contributed by atoms with Crippen LogP contribution in [-0.2, 0) is 15.8 Å². The lowest BCUT2D eigenvalue weighted by atomic mass is 10.1. The Morgan fingerprint density at radius 2 is 2.12 bits per heavy atom. The number of hydrogen-bond acceptors (Lipinski definition) is 4. The van der Waals surface area contributed by atoms with E-state index < -0.39 is 10.0 Å². The molecule has 5 nitrogen and oxygen atoms in total. The highest BCUT2D eigenvalue weighted by Crippen LogP contribution is 2.26. The Morgan fingerprint density at radius 1 is 1.29 bits per heavy atom. The van der Waals surface area contributed by atoms with E-state index >= 15 is 0 Å². The number of nitrogens with one attached hydrogen (secondary N) is 1. The normalized spacial score (nSPS) is 18.8. The molecule has 24 heavy (non-hydrogen) atoms. The summed E-state index contributed by atoms with van der Waals surface area (Å²) in [6, 6.07) is 11.2. The number of hydrogen-bond donors (Lipinski definition) is 1. The van der Waals surface area contributed by atoms with Crippen molar-refractivity contribution in [2.75, 3.05) is 19.6 Å². The molecule has 1 aliphatic rings. The van der Waals surface area contributed by atoms with Crippen LogP contribution < -0.4 is 5.32 Å².